The topological polar surface area (TPSA) is 35.2 Å². The van der Waals surface area contributed by atoms with Crippen LogP contribution in [0.3, 0.4) is 0 Å². The minimum Gasteiger partial charge on any atom is -0.380 e. The zero-order valence-electron chi connectivity index (χ0n) is 10.1. The zero-order chi connectivity index (χ0) is 10.8. The Morgan fingerprint density at radius 2 is 1.93 bits per heavy atom. The van der Waals surface area contributed by atoms with Crippen LogP contribution in [0.15, 0.2) is 0 Å². The summed E-state index contributed by atoms with van der Waals surface area (Å²) in [6, 6.07) is 0.233. The standard InChI is InChI=1S/C12H27NO/c1-4-7-8-11(5-2)9-12(13)10-14-6-3/h11-12H,4-10,13H2,1-3H3. The molecule has 0 saturated heterocycles. The molecular formula is C12H27NO. The molecule has 0 spiro atoms. The number of unbranched alkanes of at least 4 members (excludes halogenated alkanes) is 1. The van der Waals surface area contributed by atoms with Crippen LogP contribution in [0.5, 0.6) is 0 Å². The predicted octanol–water partition coefficient (Wildman–Crippen LogP) is 2.96. The second-order valence-corrected chi connectivity index (χ2v) is 4.07. The molecule has 0 aliphatic rings. The molecule has 0 aliphatic heterocycles. The Hall–Kier alpha value is -0.0800. The van der Waals surface area contributed by atoms with Crippen molar-refractivity contribution in [2.75, 3.05) is 13.2 Å². The lowest BCUT2D eigenvalue weighted by Crippen LogP contribution is -2.28. The molecule has 2 unspecified atom stereocenters. The van der Waals surface area contributed by atoms with Gasteiger partial charge in [0.2, 0.25) is 0 Å². The van der Waals surface area contributed by atoms with Crippen LogP contribution in [0.4, 0.5) is 0 Å². The molecule has 2 N–H and O–H groups in total. The summed E-state index contributed by atoms with van der Waals surface area (Å²) >= 11 is 0. The van der Waals surface area contributed by atoms with Crippen molar-refractivity contribution in [3.8, 4) is 0 Å². The summed E-state index contributed by atoms with van der Waals surface area (Å²) < 4.78 is 5.32. The Labute approximate surface area is 89.2 Å². The van der Waals surface area contributed by atoms with Crippen molar-refractivity contribution < 1.29 is 4.74 Å². The van der Waals surface area contributed by atoms with E-state index in [1.807, 2.05) is 6.92 Å². The Kier molecular flexibility index (Phi) is 9.42. The molecule has 2 heteroatoms. The number of nitrogens with two attached hydrogens (primary N) is 1. The highest BCUT2D eigenvalue weighted by molar-refractivity contribution is 4.67. The fourth-order valence-corrected chi connectivity index (χ4v) is 1.75. The van der Waals surface area contributed by atoms with Gasteiger partial charge < -0.3 is 10.5 Å². The molecule has 0 bridgehead atoms. The average Bonchev–Trinajstić information content (AvgIpc) is 2.21. The van der Waals surface area contributed by atoms with Gasteiger partial charge in [-0.1, -0.05) is 39.5 Å². The summed E-state index contributed by atoms with van der Waals surface area (Å²) in [6.07, 6.45) is 6.32. The van der Waals surface area contributed by atoms with Gasteiger partial charge in [-0.05, 0) is 19.3 Å². The second kappa shape index (κ2) is 9.47. The number of rotatable bonds is 9. The van der Waals surface area contributed by atoms with Crippen molar-refractivity contribution in [3.05, 3.63) is 0 Å². The average molecular weight is 201 g/mol. The first kappa shape index (κ1) is 13.9. The maximum atomic E-state index is 5.98. The Bertz CT molecular complexity index is 117. The van der Waals surface area contributed by atoms with E-state index in [0.717, 1.165) is 25.6 Å². The molecule has 0 aliphatic carbocycles. The van der Waals surface area contributed by atoms with Crippen LogP contribution in [0.2, 0.25) is 0 Å². The first-order valence-corrected chi connectivity index (χ1v) is 6.07. The highest BCUT2D eigenvalue weighted by Gasteiger charge is 2.11. The van der Waals surface area contributed by atoms with Crippen LogP contribution in [0.25, 0.3) is 0 Å². The molecule has 0 fully saturated rings. The number of hydrogen-bond acceptors (Lipinski definition) is 2. The van der Waals surface area contributed by atoms with E-state index in [-0.39, 0.29) is 6.04 Å². The van der Waals surface area contributed by atoms with E-state index in [2.05, 4.69) is 13.8 Å². The van der Waals surface area contributed by atoms with E-state index >= 15 is 0 Å². The monoisotopic (exact) mass is 201 g/mol. The summed E-state index contributed by atoms with van der Waals surface area (Å²) in [5, 5.41) is 0. The summed E-state index contributed by atoms with van der Waals surface area (Å²) in [7, 11) is 0. The van der Waals surface area contributed by atoms with E-state index in [4.69, 9.17) is 10.5 Å². The molecule has 14 heavy (non-hydrogen) atoms. The second-order valence-electron chi connectivity index (χ2n) is 4.07. The van der Waals surface area contributed by atoms with Crippen molar-refractivity contribution in [2.24, 2.45) is 11.7 Å². The smallest absolute Gasteiger partial charge is 0.0617 e. The van der Waals surface area contributed by atoms with Gasteiger partial charge >= 0.3 is 0 Å². The van der Waals surface area contributed by atoms with Crippen LogP contribution in [0.1, 0.15) is 52.9 Å². The summed E-state index contributed by atoms with van der Waals surface area (Å²) in [6.45, 7) is 8.01. The quantitative estimate of drug-likeness (QED) is 0.622. The molecule has 0 aromatic heterocycles. The van der Waals surface area contributed by atoms with Gasteiger partial charge in [0, 0.05) is 12.6 Å². The fraction of sp³-hybridized carbons (Fsp3) is 1.00. The van der Waals surface area contributed by atoms with Gasteiger partial charge in [-0.15, -0.1) is 0 Å². The van der Waals surface area contributed by atoms with Gasteiger partial charge in [-0.3, -0.25) is 0 Å². The highest BCUT2D eigenvalue weighted by atomic mass is 16.5. The lowest BCUT2D eigenvalue weighted by Gasteiger charge is -2.19. The van der Waals surface area contributed by atoms with E-state index in [9.17, 15) is 0 Å². The minimum atomic E-state index is 0.233. The van der Waals surface area contributed by atoms with Crippen LogP contribution in [-0.4, -0.2) is 19.3 Å². The van der Waals surface area contributed by atoms with E-state index in [1.54, 1.807) is 0 Å². The summed E-state index contributed by atoms with van der Waals surface area (Å²) in [5.74, 6) is 0.797. The molecule has 0 rings (SSSR count). The third-order valence-corrected chi connectivity index (χ3v) is 2.72. The molecule has 86 valence electrons. The molecule has 0 radical (unpaired) electrons. The lowest BCUT2D eigenvalue weighted by atomic mass is 9.93. The van der Waals surface area contributed by atoms with Crippen LogP contribution in [0, 0.1) is 5.92 Å². The predicted molar refractivity (Wildman–Crippen MR) is 62.4 cm³/mol. The van der Waals surface area contributed by atoms with Crippen molar-refractivity contribution >= 4 is 0 Å². The molecule has 0 aromatic rings. The summed E-state index contributed by atoms with van der Waals surface area (Å²) in [4.78, 5) is 0. The van der Waals surface area contributed by atoms with Gasteiger partial charge in [-0.25, -0.2) is 0 Å². The van der Waals surface area contributed by atoms with Crippen LogP contribution >= 0.6 is 0 Å². The SMILES string of the molecule is CCCCC(CC)CC(N)COCC. The van der Waals surface area contributed by atoms with Crippen molar-refractivity contribution in [1.29, 1.82) is 0 Å². The highest BCUT2D eigenvalue weighted by Crippen LogP contribution is 2.17. The van der Waals surface area contributed by atoms with Gasteiger partial charge in [-0.2, -0.15) is 0 Å². The number of ether oxygens (including phenoxy) is 1. The van der Waals surface area contributed by atoms with Crippen molar-refractivity contribution in [2.45, 2.75) is 58.9 Å². The van der Waals surface area contributed by atoms with Gasteiger partial charge in [0.05, 0.1) is 6.61 Å². The largest absolute Gasteiger partial charge is 0.380 e. The Morgan fingerprint density at radius 3 is 2.43 bits per heavy atom. The van der Waals surface area contributed by atoms with Gasteiger partial charge in [0.25, 0.3) is 0 Å². The maximum absolute atomic E-state index is 5.98. The third kappa shape index (κ3) is 7.34. The van der Waals surface area contributed by atoms with E-state index < -0.39 is 0 Å². The number of hydrogen-bond donors (Lipinski definition) is 1. The minimum absolute atomic E-state index is 0.233. The normalized spacial score (nSPS) is 15.4. The summed E-state index contributed by atoms with van der Waals surface area (Å²) in [5.41, 5.74) is 5.98. The van der Waals surface area contributed by atoms with Crippen molar-refractivity contribution in [1.82, 2.24) is 0 Å². The molecule has 0 saturated carbocycles. The van der Waals surface area contributed by atoms with E-state index in [1.165, 1.54) is 25.7 Å². The lowest BCUT2D eigenvalue weighted by molar-refractivity contribution is 0.124. The molecular weight excluding hydrogens is 174 g/mol. The molecule has 0 aromatic carbocycles. The first-order chi connectivity index (χ1) is 6.74. The van der Waals surface area contributed by atoms with Gasteiger partial charge in [0.15, 0.2) is 0 Å². The van der Waals surface area contributed by atoms with Crippen LogP contribution in [-0.2, 0) is 4.74 Å². The molecule has 2 atom stereocenters. The Balaban J connectivity index is 3.57. The fourth-order valence-electron chi connectivity index (χ4n) is 1.75. The Morgan fingerprint density at radius 1 is 1.21 bits per heavy atom. The van der Waals surface area contributed by atoms with E-state index in [0.29, 0.717) is 0 Å². The van der Waals surface area contributed by atoms with Crippen LogP contribution < -0.4 is 5.73 Å². The zero-order valence-corrected chi connectivity index (χ0v) is 10.1. The maximum Gasteiger partial charge on any atom is 0.0617 e. The van der Waals surface area contributed by atoms with Crippen molar-refractivity contribution in [3.63, 3.8) is 0 Å². The van der Waals surface area contributed by atoms with Gasteiger partial charge in [0.1, 0.15) is 0 Å². The first-order valence-electron chi connectivity index (χ1n) is 6.07. The molecule has 2 nitrogen and oxygen atoms in total. The third-order valence-electron chi connectivity index (χ3n) is 2.72. The molecule has 0 amide bonds. The molecule has 0 heterocycles.